The number of hydrogen-bond donors (Lipinski definition) is 2. The number of para-hydroxylation sites is 1. The Bertz CT molecular complexity index is 1480. The number of benzene rings is 3. The maximum absolute atomic E-state index is 13.9. The molecule has 0 unspecified atom stereocenters. The van der Waals surface area contributed by atoms with Crippen molar-refractivity contribution in [2.45, 2.75) is 26.2 Å². The van der Waals surface area contributed by atoms with Gasteiger partial charge in [0.1, 0.15) is 23.1 Å². The molecule has 0 fully saturated rings. The van der Waals surface area contributed by atoms with Gasteiger partial charge in [-0.1, -0.05) is 30.3 Å². The number of nitrogens with one attached hydrogen (secondary N) is 2. The molecule has 0 bridgehead atoms. The molecule has 2 N–H and O–H groups in total. The largest absolute Gasteiger partial charge is 0.457 e. The maximum Gasteiger partial charge on any atom is 0.291 e. The quantitative estimate of drug-likeness (QED) is 0.308. The minimum absolute atomic E-state index is 0.0907. The Labute approximate surface area is 213 Å². The Morgan fingerprint density at radius 2 is 1.59 bits per heavy atom. The van der Waals surface area contributed by atoms with E-state index < -0.39 is 17.6 Å². The third-order valence-electron chi connectivity index (χ3n) is 6.03. The van der Waals surface area contributed by atoms with E-state index in [1.807, 2.05) is 30.3 Å². The van der Waals surface area contributed by atoms with E-state index in [1.54, 1.807) is 37.3 Å². The predicted octanol–water partition coefficient (Wildman–Crippen LogP) is 6.24. The zero-order chi connectivity index (χ0) is 25.8. The first kappa shape index (κ1) is 24.0. The van der Waals surface area contributed by atoms with Gasteiger partial charge in [-0.05, 0) is 68.3 Å². The zero-order valence-corrected chi connectivity index (χ0v) is 20.1. The van der Waals surface area contributed by atoms with E-state index in [9.17, 15) is 14.0 Å². The Balaban J connectivity index is 1.30. The fourth-order valence-corrected chi connectivity index (χ4v) is 4.24. The van der Waals surface area contributed by atoms with E-state index in [1.165, 1.54) is 18.2 Å². The van der Waals surface area contributed by atoms with Gasteiger partial charge in [0.2, 0.25) is 0 Å². The van der Waals surface area contributed by atoms with Crippen LogP contribution in [0.5, 0.6) is 11.5 Å². The predicted molar refractivity (Wildman–Crippen MR) is 138 cm³/mol. The summed E-state index contributed by atoms with van der Waals surface area (Å²) in [6.07, 6.45) is 1.99. The topological polar surface area (TPSA) is 92.9 Å². The molecule has 1 heterocycles. The summed E-state index contributed by atoms with van der Waals surface area (Å²) in [6, 6.07) is 22.2. The van der Waals surface area contributed by atoms with Crippen molar-refractivity contribution in [3.63, 3.8) is 0 Å². The number of fused-ring (bicyclic) bond motifs is 1. The number of furan rings is 1. The van der Waals surface area contributed by atoms with Gasteiger partial charge in [-0.25, -0.2) is 9.82 Å². The van der Waals surface area contributed by atoms with Gasteiger partial charge in [0.25, 0.3) is 11.8 Å². The molecular formula is C29H24FN3O4. The second-order valence-corrected chi connectivity index (χ2v) is 8.58. The number of nitrogens with zero attached hydrogens (tertiary/aromatic N) is 1. The third kappa shape index (κ3) is 5.28. The number of aryl methyl sites for hydroxylation is 1. The smallest absolute Gasteiger partial charge is 0.291 e. The molecule has 0 aliphatic heterocycles. The molecule has 0 atom stereocenters. The normalized spacial score (nSPS) is 13.6. The summed E-state index contributed by atoms with van der Waals surface area (Å²) in [7, 11) is 0. The second-order valence-electron chi connectivity index (χ2n) is 8.58. The first-order chi connectivity index (χ1) is 18.0. The third-order valence-corrected chi connectivity index (χ3v) is 6.03. The molecular weight excluding hydrogens is 473 g/mol. The van der Waals surface area contributed by atoms with Crippen LogP contribution in [0.1, 0.15) is 50.6 Å². The minimum atomic E-state index is -0.642. The number of ether oxygens (including phenoxy) is 1. The molecule has 0 saturated carbocycles. The molecule has 4 aromatic rings. The van der Waals surface area contributed by atoms with Gasteiger partial charge in [0, 0.05) is 23.2 Å². The van der Waals surface area contributed by atoms with Crippen LogP contribution in [-0.2, 0) is 6.42 Å². The molecule has 8 heteroatoms. The highest BCUT2D eigenvalue weighted by Gasteiger charge is 2.28. The maximum atomic E-state index is 13.9. The van der Waals surface area contributed by atoms with Gasteiger partial charge < -0.3 is 14.5 Å². The van der Waals surface area contributed by atoms with Gasteiger partial charge in [0.05, 0.1) is 11.3 Å². The average molecular weight is 498 g/mol. The standard InChI is InChI=1S/C29H24FN3O4/c1-18-26-24(32-33-28(34)22-10-5-6-11-23(22)30)12-7-13-25(26)37-27(18)29(35)31-19-14-16-21(17-15-19)36-20-8-3-2-4-9-20/h2-6,8-11,14-17H,7,12-13H2,1H3,(H,31,35)(H,33,34)/b32-24+. The number of amides is 2. The van der Waals surface area contributed by atoms with Crippen LogP contribution in [0.2, 0.25) is 0 Å². The summed E-state index contributed by atoms with van der Waals surface area (Å²) in [5.41, 5.74) is 4.86. The number of anilines is 1. The second kappa shape index (κ2) is 10.5. The lowest BCUT2D eigenvalue weighted by Crippen LogP contribution is -2.23. The summed E-state index contributed by atoms with van der Waals surface area (Å²) < 4.78 is 25.6. The lowest BCUT2D eigenvalue weighted by molar-refractivity contribution is 0.0949. The van der Waals surface area contributed by atoms with Crippen LogP contribution in [-0.4, -0.2) is 17.5 Å². The van der Waals surface area contributed by atoms with E-state index in [2.05, 4.69) is 15.8 Å². The Morgan fingerprint density at radius 1 is 0.892 bits per heavy atom. The Morgan fingerprint density at radius 3 is 2.35 bits per heavy atom. The molecule has 2 amide bonds. The lowest BCUT2D eigenvalue weighted by atomic mass is 9.93. The first-order valence-corrected chi connectivity index (χ1v) is 11.9. The average Bonchev–Trinajstić information content (AvgIpc) is 3.26. The van der Waals surface area contributed by atoms with Gasteiger partial charge in [-0.2, -0.15) is 5.10 Å². The summed E-state index contributed by atoms with van der Waals surface area (Å²) in [5.74, 6) is 0.535. The Hall–Kier alpha value is -4.72. The van der Waals surface area contributed by atoms with E-state index in [4.69, 9.17) is 9.15 Å². The van der Waals surface area contributed by atoms with E-state index in [0.717, 1.165) is 12.2 Å². The van der Waals surface area contributed by atoms with Gasteiger partial charge in [-0.3, -0.25) is 9.59 Å². The highest BCUT2D eigenvalue weighted by molar-refractivity contribution is 6.09. The van der Waals surface area contributed by atoms with Crippen LogP contribution < -0.4 is 15.5 Å². The molecule has 186 valence electrons. The number of carbonyl (C=O) groups excluding carboxylic acids is 2. The van der Waals surface area contributed by atoms with Crippen LogP contribution >= 0.6 is 0 Å². The summed E-state index contributed by atoms with van der Waals surface area (Å²) in [4.78, 5) is 25.4. The van der Waals surface area contributed by atoms with E-state index in [-0.39, 0.29) is 11.3 Å². The highest BCUT2D eigenvalue weighted by atomic mass is 19.1. The van der Waals surface area contributed by atoms with E-state index in [0.29, 0.717) is 46.9 Å². The number of hydrazone groups is 1. The fourth-order valence-electron chi connectivity index (χ4n) is 4.24. The monoisotopic (exact) mass is 497 g/mol. The van der Waals surface area contributed by atoms with Gasteiger partial charge in [-0.15, -0.1) is 0 Å². The minimum Gasteiger partial charge on any atom is -0.457 e. The summed E-state index contributed by atoms with van der Waals surface area (Å²) >= 11 is 0. The number of hydrogen-bond acceptors (Lipinski definition) is 5. The van der Waals surface area contributed by atoms with Crippen molar-refractivity contribution < 1.29 is 23.1 Å². The molecule has 1 aliphatic carbocycles. The van der Waals surface area contributed by atoms with Crippen molar-refractivity contribution >= 4 is 23.2 Å². The van der Waals surface area contributed by atoms with Crippen LogP contribution in [0.25, 0.3) is 0 Å². The van der Waals surface area contributed by atoms with Crippen molar-refractivity contribution in [1.82, 2.24) is 5.43 Å². The van der Waals surface area contributed by atoms with Crippen LogP contribution in [0.3, 0.4) is 0 Å². The van der Waals surface area contributed by atoms with Crippen molar-refractivity contribution in [2.24, 2.45) is 5.10 Å². The van der Waals surface area contributed by atoms with Crippen molar-refractivity contribution in [1.29, 1.82) is 0 Å². The lowest BCUT2D eigenvalue weighted by Gasteiger charge is -2.13. The first-order valence-electron chi connectivity index (χ1n) is 11.9. The molecule has 3 aromatic carbocycles. The molecule has 1 aromatic heterocycles. The Kier molecular flexibility index (Phi) is 6.81. The molecule has 1 aliphatic rings. The molecule has 5 rings (SSSR count). The van der Waals surface area contributed by atoms with Crippen molar-refractivity contribution in [3.05, 3.63) is 113 Å². The number of rotatable bonds is 6. The van der Waals surface area contributed by atoms with Crippen LogP contribution in [0, 0.1) is 12.7 Å². The molecule has 7 nitrogen and oxygen atoms in total. The molecule has 37 heavy (non-hydrogen) atoms. The summed E-state index contributed by atoms with van der Waals surface area (Å²) in [5, 5.41) is 7.10. The molecule has 0 radical (unpaired) electrons. The number of halogens is 1. The van der Waals surface area contributed by atoms with Gasteiger partial charge >= 0.3 is 0 Å². The SMILES string of the molecule is Cc1c(C(=O)Nc2ccc(Oc3ccccc3)cc2)oc2c1/C(=N/NC(=O)c1ccccc1F)CCC2. The number of carbonyl (C=O) groups is 2. The van der Waals surface area contributed by atoms with Crippen molar-refractivity contribution in [2.75, 3.05) is 5.32 Å². The van der Waals surface area contributed by atoms with Crippen LogP contribution in [0.4, 0.5) is 10.1 Å². The van der Waals surface area contributed by atoms with Crippen molar-refractivity contribution in [3.8, 4) is 11.5 Å². The van der Waals surface area contributed by atoms with Crippen LogP contribution in [0.15, 0.2) is 88.4 Å². The summed E-state index contributed by atoms with van der Waals surface area (Å²) in [6.45, 7) is 1.79. The molecule has 0 spiro atoms. The fraction of sp³-hybridized carbons (Fsp3) is 0.138. The highest BCUT2D eigenvalue weighted by Crippen LogP contribution is 2.31. The van der Waals surface area contributed by atoms with Gasteiger partial charge in [0.15, 0.2) is 5.76 Å². The van der Waals surface area contributed by atoms with E-state index >= 15 is 0 Å². The molecule has 0 saturated heterocycles. The zero-order valence-electron chi connectivity index (χ0n) is 20.1.